The summed E-state index contributed by atoms with van der Waals surface area (Å²) in [7, 11) is 0. The molecule has 3 nitrogen and oxygen atoms in total. The van der Waals surface area contributed by atoms with E-state index < -0.39 is 5.82 Å². The average molecular weight is 161 g/mol. The van der Waals surface area contributed by atoms with Gasteiger partial charge in [-0.1, -0.05) is 11.6 Å². The van der Waals surface area contributed by atoms with Crippen LogP contribution in [0.3, 0.4) is 0 Å². The van der Waals surface area contributed by atoms with Crippen molar-refractivity contribution in [3.8, 4) is 0 Å². The minimum Gasteiger partial charge on any atom is -0.259 e. The number of nitrogens with zero attached hydrogens (tertiary/aromatic N) is 1. The molecule has 0 aliphatic rings. The van der Waals surface area contributed by atoms with Crippen LogP contribution in [0.4, 0.5) is 4.39 Å². The summed E-state index contributed by atoms with van der Waals surface area (Å²) < 4.78 is 11.4. The van der Waals surface area contributed by atoms with Crippen molar-refractivity contribution >= 4 is 29.8 Å². The molecular weight excluding hydrogens is 160 g/mol. The van der Waals surface area contributed by atoms with Gasteiger partial charge in [0.25, 0.3) is 5.82 Å². The third-order valence-electron chi connectivity index (χ3n) is 0.244. The van der Waals surface area contributed by atoms with Gasteiger partial charge in [-0.25, -0.2) is 4.84 Å². The van der Waals surface area contributed by atoms with Crippen LogP contribution in [0.25, 0.3) is 0 Å². The molecule has 0 N–H and O–H groups in total. The molecule has 0 bridgehead atoms. The zero-order chi connectivity index (χ0) is 6.57. The van der Waals surface area contributed by atoms with Gasteiger partial charge in [0.05, 0.1) is 0 Å². The van der Waals surface area contributed by atoms with Gasteiger partial charge in [-0.05, 0) is 0 Å². The normalized spacial score (nSPS) is 12.9. The van der Waals surface area contributed by atoms with Gasteiger partial charge in [-0.2, -0.15) is 4.39 Å². The van der Waals surface area contributed by atoms with E-state index in [0.717, 1.165) is 6.41 Å². The molecule has 1 atom stereocenters. The van der Waals surface area contributed by atoms with Crippen molar-refractivity contribution in [2.24, 2.45) is 0 Å². The molecular formula is C2HCl2FNO2. The Morgan fingerprint density at radius 1 is 1.88 bits per heavy atom. The third-order valence-corrected chi connectivity index (χ3v) is 0.472. The predicted molar refractivity (Wildman–Crippen MR) is 25.2 cm³/mol. The second kappa shape index (κ2) is 3.88. The molecule has 0 aromatic heterocycles. The van der Waals surface area contributed by atoms with Crippen molar-refractivity contribution in [2.45, 2.75) is 5.82 Å². The zero-order valence-corrected chi connectivity index (χ0v) is 4.99. The van der Waals surface area contributed by atoms with Gasteiger partial charge in [0, 0.05) is 11.8 Å². The molecule has 0 heterocycles. The van der Waals surface area contributed by atoms with Gasteiger partial charge in [0.15, 0.2) is 0 Å². The van der Waals surface area contributed by atoms with Crippen molar-refractivity contribution in [1.82, 2.24) is 4.58 Å². The van der Waals surface area contributed by atoms with Gasteiger partial charge in [0.2, 0.25) is 0 Å². The second-order valence-corrected chi connectivity index (χ2v) is 1.35. The van der Waals surface area contributed by atoms with Crippen LogP contribution in [0.1, 0.15) is 0 Å². The van der Waals surface area contributed by atoms with Crippen molar-refractivity contribution in [2.75, 3.05) is 0 Å². The fourth-order valence-electron chi connectivity index (χ4n) is 0.0915. The first-order valence-corrected chi connectivity index (χ1v) is 2.23. The number of hydroxylamine groups is 1. The molecule has 0 rings (SSSR count). The van der Waals surface area contributed by atoms with E-state index >= 15 is 0 Å². The number of hydrogen-bond acceptors (Lipinski definition) is 2. The number of rotatable bonds is 3. The topological polar surface area (TPSA) is 29.5 Å². The highest BCUT2D eigenvalue weighted by Crippen LogP contribution is 2.02. The highest BCUT2D eigenvalue weighted by molar-refractivity contribution is 6.20. The molecule has 0 saturated carbocycles. The Morgan fingerprint density at radius 2 is 2.38 bits per heavy atom. The minimum absolute atomic E-state index is 0.0162. The van der Waals surface area contributed by atoms with E-state index in [0.29, 0.717) is 0 Å². The molecule has 0 aromatic carbocycles. The monoisotopic (exact) mass is 160 g/mol. The van der Waals surface area contributed by atoms with Crippen LogP contribution < -0.4 is 0 Å². The molecule has 0 spiro atoms. The van der Waals surface area contributed by atoms with Crippen molar-refractivity contribution < 1.29 is 14.0 Å². The summed E-state index contributed by atoms with van der Waals surface area (Å²) in [6.07, 6.45) is 0.998. The van der Waals surface area contributed by atoms with Gasteiger partial charge in [-0.15, -0.1) is 4.58 Å². The lowest BCUT2D eigenvalue weighted by molar-refractivity contribution is -0.102. The summed E-state index contributed by atoms with van der Waals surface area (Å²) >= 11 is 9.28. The summed E-state index contributed by atoms with van der Waals surface area (Å²) in [6.45, 7) is 0. The largest absolute Gasteiger partial charge is 0.354 e. The molecule has 0 fully saturated rings. The van der Waals surface area contributed by atoms with Gasteiger partial charge in [-0.3, -0.25) is 4.79 Å². The van der Waals surface area contributed by atoms with Crippen LogP contribution in [0.15, 0.2) is 0 Å². The smallest absolute Gasteiger partial charge is 0.259 e. The molecule has 1 unspecified atom stereocenters. The quantitative estimate of drug-likeness (QED) is 0.266. The van der Waals surface area contributed by atoms with E-state index in [1.165, 1.54) is 0 Å². The van der Waals surface area contributed by atoms with Crippen LogP contribution in [0.2, 0.25) is 0 Å². The number of alkyl halides is 2. The van der Waals surface area contributed by atoms with Gasteiger partial charge in [0.1, 0.15) is 0 Å². The number of amides is 1. The van der Waals surface area contributed by atoms with E-state index in [2.05, 4.69) is 16.4 Å². The van der Waals surface area contributed by atoms with Crippen LogP contribution in [0.5, 0.6) is 0 Å². The SMILES string of the molecule is O=[C]N(Cl)OC(F)Cl. The van der Waals surface area contributed by atoms with Crippen LogP contribution in [0, 0.1) is 0 Å². The summed E-state index contributed by atoms with van der Waals surface area (Å²) in [6, 6.07) is 0. The first-order chi connectivity index (χ1) is 3.66. The fraction of sp³-hybridized carbons (Fsp3) is 0.500. The maximum absolute atomic E-state index is 11.4. The Hall–Kier alpha value is -0.0600. The summed E-state index contributed by atoms with van der Waals surface area (Å²) in [5, 5.41) is 0. The molecule has 1 amide bonds. The van der Waals surface area contributed by atoms with Crippen molar-refractivity contribution in [1.29, 1.82) is 0 Å². The maximum Gasteiger partial charge on any atom is 0.354 e. The standard InChI is InChI=1S/C2HCl2FNO2/c3-2(5)8-6(4)1-7/h2H. The average Bonchev–Trinajstić information content (AvgIpc) is 1.65. The van der Waals surface area contributed by atoms with E-state index in [9.17, 15) is 9.18 Å². The molecule has 6 heteroatoms. The van der Waals surface area contributed by atoms with E-state index in [4.69, 9.17) is 11.8 Å². The Bertz CT molecular complexity index is 80.4. The molecule has 8 heavy (non-hydrogen) atoms. The minimum atomic E-state index is -2.12. The van der Waals surface area contributed by atoms with Gasteiger partial charge < -0.3 is 0 Å². The van der Waals surface area contributed by atoms with Crippen LogP contribution in [-0.2, 0) is 9.63 Å². The maximum atomic E-state index is 11.4. The Balaban J connectivity index is 3.23. The van der Waals surface area contributed by atoms with Crippen LogP contribution in [-0.4, -0.2) is 16.8 Å². The lowest BCUT2D eigenvalue weighted by Crippen LogP contribution is -2.13. The van der Waals surface area contributed by atoms with Crippen molar-refractivity contribution in [3.05, 3.63) is 0 Å². The number of hydrogen-bond donors (Lipinski definition) is 0. The van der Waals surface area contributed by atoms with Crippen molar-refractivity contribution in [3.63, 3.8) is 0 Å². The third kappa shape index (κ3) is 4.11. The molecule has 0 saturated heterocycles. The Labute approximate surface area is 55.0 Å². The van der Waals surface area contributed by atoms with E-state index in [-0.39, 0.29) is 4.58 Å². The molecule has 0 aliphatic carbocycles. The highest BCUT2D eigenvalue weighted by Gasteiger charge is 2.05. The second-order valence-electron chi connectivity index (χ2n) is 0.702. The summed E-state index contributed by atoms with van der Waals surface area (Å²) in [4.78, 5) is 13.0. The fourth-order valence-corrected chi connectivity index (χ4v) is 0.282. The Kier molecular flexibility index (Phi) is 3.85. The zero-order valence-electron chi connectivity index (χ0n) is 3.47. The predicted octanol–water partition coefficient (Wildman–Crippen LogP) is 0.933. The summed E-state index contributed by atoms with van der Waals surface area (Å²) in [5.74, 6) is -2.12. The highest BCUT2D eigenvalue weighted by atomic mass is 35.5. The molecule has 0 aliphatic heterocycles. The molecule has 0 aromatic rings. The van der Waals surface area contributed by atoms with Crippen LogP contribution >= 0.6 is 23.4 Å². The Morgan fingerprint density at radius 3 is 2.50 bits per heavy atom. The first kappa shape index (κ1) is 7.94. The molecule has 47 valence electrons. The number of halogens is 3. The first-order valence-electron chi connectivity index (χ1n) is 1.45. The van der Waals surface area contributed by atoms with Gasteiger partial charge >= 0.3 is 6.41 Å². The molecule has 1 radical (unpaired) electrons. The summed E-state index contributed by atoms with van der Waals surface area (Å²) in [5.41, 5.74) is 0. The van der Waals surface area contributed by atoms with E-state index in [1.54, 1.807) is 0 Å². The lowest BCUT2D eigenvalue weighted by atomic mass is 11.4. The van der Waals surface area contributed by atoms with E-state index in [1.807, 2.05) is 0 Å². The number of carbonyl (C=O) groups excluding carboxylic acids is 1. The lowest BCUT2D eigenvalue weighted by Gasteiger charge is -2.03.